The molecule has 1 saturated heterocycles. The SMILES string of the molecule is C[C@@H]1[C@H](NC(=S)Cc2cc(Cl)ccc2Cl)C(=O)N1S(=O)(=O)O. The maximum atomic E-state index is 11.7. The molecule has 1 fully saturated rings. The highest BCUT2D eigenvalue weighted by atomic mass is 35.5. The predicted molar refractivity (Wildman–Crippen MR) is 87.5 cm³/mol. The van der Waals surface area contributed by atoms with E-state index in [1.807, 2.05) is 0 Å². The minimum absolute atomic E-state index is 0.261. The Balaban J connectivity index is 2.02. The molecule has 2 atom stereocenters. The number of halogens is 2. The lowest BCUT2D eigenvalue weighted by Gasteiger charge is -2.42. The normalized spacial score (nSPS) is 21.5. The number of hydrogen-bond donors (Lipinski definition) is 2. The van der Waals surface area contributed by atoms with Crippen LogP contribution in [0.2, 0.25) is 10.0 Å². The number of β-lactam (4-membered cyclic amide) rings is 1. The Morgan fingerprint density at radius 3 is 2.64 bits per heavy atom. The van der Waals surface area contributed by atoms with Crippen molar-refractivity contribution in [2.24, 2.45) is 0 Å². The number of benzene rings is 1. The van der Waals surface area contributed by atoms with E-state index in [0.29, 0.717) is 24.9 Å². The first kappa shape index (κ1) is 17.4. The molecule has 0 aromatic heterocycles. The molecule has 1 heterocycles. The minimum atomic E-state index is -4.54. The van der Waals surface area contributed by atoms with Gasteiger partial charge in [0.25, 0.3) is 5.91 Å². The third-order valence-electron chi connectivity index (χ3n) is 3.26. The summed E-state index contributed by atoms with van der Waals surface area (Å²) in [6.07, 6.45) is 0.261. The standard InChI is InChI=1S/C12H12Cl2N2O4S2/c1-6-11(12(17)16(6)22(18,19)20)15-10(21)5-7-4-8(13)2-3-9(7)14/h2-4,6,11H,5H2,1H3,(H,15,21)(H,18,19,20)/t6-,11+/m1/s1. The number of nitrogens with one attached hydrogen (secondary N) is 1. The van der Waals surface area contributed by atoms with E-state index in [2.05, 4.69) is 5.32 Å². The zero-order valence-electron chi connectivity index (χ0n) is 11.3. The van der Waals surface area contributed by atoms with Crippen molar-refractivity contribution in [2.75, 3.05) is 0 Å². The van der Waals surface area contributed by atoms with Crippen LogP contribution in [0.5, 0.6) is 0 Å². The fourth-order valence-corrected chi connectivity index (χ4v) is 3.72. The Bertz CT molecular complexity index is 739. The van der Waals surface area contributed by atoms with Gasteiger partial charge < -0.3 is 5.32 Å². The molecule has 1 aromatic rings. The zero-order valence-corrected chi connectivity index (χ0v) is 14.4. The molecule has 0 aliphatic carbocycles. The maximum Gasteiger partial charge on any atom is 0.362 e. The lowest BCUT2D eigenvalue weighted by Crippen LogP contribution is -2.70. The number of rotatable bonds is 4. The van der Waals surface area contributed by atoms with Crippen LogP contribution in [-0.2, 0) is 21.5 Å². The number of amides is 1. The van der Waals surface area contributed by atoms with E-state index in [-0.39, 0.29) is 6.42 Å². The van der Waals surface area contributed by atoms with Crippen LogP contribution in [-0.4, -0.2) is 40.3 Å². The first-order valence-corrected chi connectivity index (χ1v) is 8.71. The average molecular weight is 383 g/mol. The van der Waals surface area contributed by atoms with Crippen LogP contribution in [0.15, 0.2) is 18.2 Å². The molecule has 1 amide bonds. The third kappa shape index (κ3) is 3.52. The van der Waals surface area contributed by atoms with E-state index < -0.39 is 28.3 Å². The van der Waals surface area contributed by atoms with Crippen LogP contribution in [0.3, 0.4) is 0 Å². The van der Waals surface area contributed by atoms with Gasteiger partial charge in [0.1, 0.15) is 6.04 Å². The summed E-state index contributed by atoms with van der Waals surface area (Å²) in [5.41, 5.74) is 0.692. The summed E-state index contributed by atoms with van der Waals surface area (Å²) in [6.45, 7) is 1.49. The Morgan fingerprint density at radius 1 is 1.45 bits per heavy atom. The Kier molecular flexibility index (Phi) is 4.98. The molecule has 22 heavy (non-hydrogen) atoms. The second-order valence-electron chi connectivity index (χ2n) is 4.81. The number of hydrogen-bond acceptors (Lipinski definition) is 4. The van der Waals surface area contributed by atoms with Crippen molar-refractivity contribution in [2.45, 2.75) is 25.4 Å². The van der Waals surface area contributed by atoms with Crippen molar-refractivity contribution in [3.8, 4) is 0 Å². The summed E-state index contributed by atoms with van der Waals surface area (Å²) in [7, 11) is -4.54. The molecule has 0 unspecified atom stereocenters. The minimum Gasteiger partial charge on any atom is -0.366 e. The first-order chi connectivity index (χ1) is 10.1. The van der Waals surface area contributed by atoms with Crippen LogP contribution in [0.1, 0.15) is 12.5 Å². The lowest BCUT2D eigenvalue weighted by molar-refractivity contribution is -0.140. The molecule has 2 N–H and O–H groups in total. The second-order valence-corrected chi connectivity index (χ2v) is 7.44. The smallest absolute Gasteiger partial charge is 0.362 e. The van der Waals surface area contributed by atoms with E-state index in [1.165, 1.54) is 6.92 Å². The van der Waals surface area contributed by atoms with Gasteiger partial charge in [-0.05, 0) is 30.7 Å². The quantitative estimate of drug-likeness (QED) is 0.469. The Hall–Kier alpha value is -0.930. The van der Waals surface area contributed by atoms with Gasteiger partial charge in [0.05, 0.1) is 11.0 Å². The number of carbonyl (C=O) groups excluding carboxylic acids is 1. The fourth-order valence-electron chi connectivity index (χ4n) is 2.18. The summed E-state index contributed by atoms with van der Waals surface area (Å²) in [4.78, 5) is 12.1. The van der Waals surface area contributed by atoms with Crippen LogP contribution in [0, 0.1) is 0 Å². The molecule has 1 aromatic carbocycles. The highest BCUT2D eigenvalue weighted by molar-refractivity contribution is 7.84. The van der Waals surface area contributed by atoms with Gasteiger partial charge in [-0.15, -0.1) is 0 Å². The fraction of sp³-hybridized carbons (Fsp3) is 0.333. The van der Waals surface area contributed by atoms with Gasteiger partial charge in [0.15, 0.2) is 0 Å². The largest absolute Gasteiger partial charge is 0.366 e. The molecule has 10 heteroatoms. The zero-order chi connectivity index (χ0) is 16.7. The molecule has 0 bridgehead atoms. The van der Waals surface area contributed by atoms with Crippen LogP contribution in [0.25, 0.3) is 0 Å². The molecule has 1 aliphatic heterocycles. The van der Waals surface area contributed by atoms with E-state index in [4.69, 9.17) is 40.0 Å². The third-order valence-corrected chi connectivity index (χ3v) is 5.14. The molecular weight excluding hydrogens is 371 g/mol. The summed E-state index contributed by atoms with van der Waals surface area (Å²) < 4.78 is 31.3. The number of thiocarbonyl (C=S) groups is 1. The number of nitrogens with zero attached hydrogens (tertiary/aromatic N) is 1. The lowest BCUT2D eigenvalue weighted by atomic mass is 10.0. The summed E-state index contributed by atoms with van der Waals surface area (Å²) in [5.74, 6) is -0.755. The van der Waals surface area contributed by atoms with Crippen molar-refractivity contribution in [1.82, 2.24) is 9.62 Å². The van der Waals surface area contributed by atoms with Crippen molar-refractivity contribution < 1.29 is 17.8 Å². The molecule has 120 valence electrons. The molecule has 2 rings (SSSR count). The van der Waals surface area contributed by atoms with Crippen molar-refractivity contribution in [1.29, 1.82) is 0 Å². The van der Waals surface area contributed by atoms with Gasteiger partial charge in [0.2, 0.25) is 0 Å². The van der Waals surface area contributed by atoms with Crippen LogP contribution < -0.4 is 5.32 Å². The van der Waals surface area contributed by atoms with E-state index in [9.17, 15) is 13.2 Å². The number of carbonyl (C=O) groups is 1. The Morgan fingerprint density at radius 2 is 2.09 bits per heavy atom. The highest BCUT2D eigenvalue weighted by Crippen LogP contribution is 2.24. The van der Waals surface area contributed by atoms with E-state index in [0.717, 1.165) is 0 Å². The molecule has 6 nitrogen and oxygen atoms in total. The van der Waals surface area contributed by atoms with Crippen molar-refractivity contribution >= 4 is 56.6 Å². The molecule has 0 spiro atoms. The van der Waals surface area contributed by atoms with E-state index >= 15 is 0 Å². The average Bonchev–Trinajstić information content (AvgIpc) is 2.39. The highest BCUT2D eigenvalue weighted by Gasteiger charge is 2.50. The molecular formula is C12H12Cl2N2O4S2. The maximum absolute atomic E-state index is 11.7. The van der Waals surface area contributed by atoms with Gasteiger partial charge in [-0.1, -0.05) is 35.4 Å². The first-order valence-electron chi connectivity index (χ1n) is 6.15. The van der Waals surface area contributed by atoms with Crippen molar-refractivity contribution in [3.63, 3.8) is 0 Å². The van der Waals surface area contributed by atoms with Crippen molar-refractivity contribution in [3.05, 3.63) is 33.8 Å². The van der Waals surface area contributed by atoms with Crippen LogP contribution in [0.4, 0.5) is 0 Å². The summed E-state index contributed by atoms with van der Waals surface area (Å²) >= 11 is 17.1. The van der Waals surface area contributed by atoms with Gasteiger partial charge in [-0.3, -0.25) is 9.35 Å². The predicted octanol–water partition coefficient (Wildman–Crippen LogP) is 1.86. The summed E-state index contributed by atoms with van der Waals surface area (Å²) in [5, 5.41) is 3.77. The molecule has 0 saturated carbocycles. The van der Waals surface area contributed by atoms with Gasteiger partial charge in [-0.2, -0.15) is 8.42 Å². The molecule has 1 aliphatic rings. The van der Waals surface area contributed by atoms with E-state index in [1.54, 1.807) is 18.2 Å². The Labute approximate surface area is 143 Å². The monoisotopic (exact) mass is 382 g/mol. The summed E-state index contributed by atoms with van der Waals surface area (Å²) in [6, 6.07) is 3.42. The van der Waals surface area contributed by atoms with Gasteiger partial charge in [-0.25, -0.2) is 4.31 Å². The van der Waals surface area contributed by atoms with Gasteiger partial charge >= 0.3 is 10.3 Å². The second kappa shape index (κ2) is 6.29. The van der Waals surface area contributed by atoms with Crippen LogP contribution >= 0.6 is 35.4 Å². The molecule has 0 radical (unpaired) electrons. The van der Waals surface area contributed by atoms with Gasteiger partial charge in [0, 0.05) is 16.5 Å². The topological polar surface area (TPSA) is 86.7 Å².